The summed E-state index contributed by atoms with van der Waals surface area (Å²) < 4.78 is 0. The van der Waals surface area contributed by atoms with E-state index in [-0.39, 0.29) is 22.9 Å². The number of Topliss-reactive ketones (excluding diaryl/α,β-unsaturated/α-hetero) is 1. The van der Waals surface area contributed by atoms with Gasteiger partial charge in [-0.05, 0) is 122 Å². The van der Waals surface area contributed by atoms with Crippen LogP contribution in [-0.2, 0) is 4.79 Å². The maximum absolute atomic E-state index is 11.4. The van der Waals surface area contributed by atoms with Crippen molar-refractivity contribution in [3.8, 4) is 0 Å². The largest absolute Gasteiger partial charge is 0.312 e. The number of hydrogen-bond acceptors (Lipinski definition) is 5. The number of rotatable bonds is 14. The van der Waals surface area contributed by atoms with Gasteiger partial charge in [-0.15, -0.1) is 0 Å². The number of ketones is 1. The monoisotopic (exact) mass is 442 g/mol. The molecule has 2 atom stereocenters. The Morgan fingerprint density at radius 3 is 1.45 bits per heavy atom. The zero-order valence-electron chi connectivity index (χ0n) is 23.3. The smallest absolute Gasteiger partial charge is 0.146 e. The summed E-state index contributed by atoms with van der Waals surface area (Å²) in [5, 5.41) is 6.98. The van der Waals surface area contributed by atoms with Crippen LogP contribution in [0.1, 0.15) is 100 Å². The molecule has 2 N–H and O–H groups in total. The number of likely N-dealkylation sites (N-methyl/N-ethyl adjacent to an activating group) is 1. The Bertz CT molecular complexity index is 436. The zero-order valence-corrected chi connectivity index (χ0v) is 23.3. The van der Waals surface area contributed by atoms with Crippen molar-refractivity contribution in [2.24, 2.45) is 0 Å². The van der Waals surface area contributed by atoms with Crippen molar-refractivity contribution in [2.75, 3.05) is 41.3 Å². The van der Waals surface area contributed by atoms with E-state index >= 15 is 0 Å². The topological polar surface area (TPSA) is 47.6 Å². The summed E-state index contributed by atoms with van der Waals surface area (Å²) in [5.74, 6) is 0.272. The number of nitrogens with one attached hydrogen (secondary N) is 2. The molecule has 0 spiro atoms. The first-order valence-electron chi connectivity index (χ1n) is 12.4. The third-order valence-electron chi connectivity index (χ3n) is 5.47. The molecule has 5 nitrogen and oxygen atoms in total. The third kappa shape index (κ3) is 22.5. The minimum atomic E-state index is 0.0923. The summed E-state index contributed by atoms with van der Waals surface area (Å²) in [6, 6.07) is 0.856. The van der Waals surface area contributed by atoms with Crippen LogP contribution in [0.3, 0.4) is 0 Å². The van der Waals surface area contributed by atoms with Crippen molar-refractivity contribution in [1.29, 1.82) is 0 Å². The molecular weight excluding hydrogens is 384 g/mol. The lowest BCUT2D eigenvalue weighted by atomic mass is 10.0. The number of unbranched alkanes of at least 4 members (excludes halogenated alkanes) is 2. The fourth-order valence-corrected chi connectivity index (χ4v) is 3.55. The molecule has 0 aromatic heterocycles. The normalized spacial score (nSPS) is 14.4. The molecule has 0 heterocycles. The summed E-state index contributed by atoms with van der Waals surface area (Å²) in [4.78, 5) is 15.7. The van der Waals surface area contributed by atoms with Crippen LogP contribution in [0.4, 0.5) is 0 Å². The van der Waals surface area contributed by atoms with Gasteiger partial charge in [-0.3, -0.25) is 9.69 Å². The number of carbonyl (C=O) groups excluding carboxylic acids is 1. The highest BCUT2D eigenvalue weighted by Gasteiger charge is 2.16. The Morgan fingerprint density at radius 2 is 1.16 bits per heavy atom. The minimum absolute atomic E-state index is 0.0923. The third-order valence-corrected chi connectivity index (χ3v) is 5.47. The van der Waals surface area contributed by atoms with Gasteiger partial charge in [0, 0.05) is 17.1 Å². The highest BCUT2D eigenvalue weighted by atomic mass is 16.1. The molecule has 31 heavy (non-hydrogen) atoms. The Balaban J connectivity index is 0. The lowest BCUT2D eigenvalue weighted by Gasteiger charge is -2.23. The highest BCUT2D eigenvalue weighted by Crippen LogP contribution is 2.10. The summed E-state index contributed by atoms with van der Waals surface area (Å²) in [7, 11) is 8.31. The van der Waals surface area contributed by atoms with Gasteiger partial charge in [0.05, 0.1) is 6.04 Å². The van der Waals surface area contributed by atoms with E-state index in [0.29, 0.717) is 0 Å². The predicted molar refractivity (Wildman–Crippen MR) is 139 cm³/mol. The number of nitrogens with zero attached hydrogens (tertiary/aromatic N) is 2. The van der Waals surface area contributed by atoms with E-state index in [9.17, 15) is 4.79 Å². The lowest BCUT2D eigenvalue weighted by molar-refractivity contribution is -0.121. The summed E-state index contributed by atoms with van der Waals surface area (Å²) in [5.41, 5.74) is 0.466. The van der Waals surface area contributed by atoms with Crippen molar-refractivity contribution in [3.63, 3.8) is 0 Å². The van der Waals surface area contributed by atoms with E-state index in [1.807, 2.05) is 19.0 Å². The standard InChI is InChI=1S/C13H28N2O.C13H30N2/c1-11(16)12(15(5)6)9-7-8-10-14-13(2,3)4;1-7-12(15(5)6)10-8-9-11-14-13(2,3)4/h12,14H,7-10H2,1-6H3;12,14H,7-11H2,1-6H3. The molecule has 0 amide bonds. The van der Waals surface area contributed by atoms with Gasteiger partial charge in [0.2, 0.25) is 0 Å². The molecule has 0 rings (SSSR count). The van der Waals surface area contributed by atoms with Crippen molar-refractivity contribution in [3.05, 3.63) is 0 Å². The second-order valence-electron chi connectivity index (χ2n) is 11.5. The van der Waals surface area contributed by atoms with Crippen molar-refractivity contribution < 1.29 is 4.79 Å². The number of hydrogen-bond donors (Lipinski definition) is 2. The fourth-order valence-electron chi connectivity index (χ4n) is 3.55. The molecule has 0 aliphatic rings. The maximum Gasteiger partial charge on any atom is 0.146 e. The number of carbonyl (C=O) groups is 1. The molecule has 0 aromatic carbocycles. The molecular formula is C26H58N4O. The molecule has 0 aliphatic heterocycles. The van der Waals surface area contributed by atoms with E-state index in [1.165, 1.54) is 25.7 Å². The highest BCUT2D eigenvalue weighted by molar-refractivity contribution is 5.81. The van der Waals surface area contributed by atoms with Crippen LogP contribution >= 0.6 is 0 Å². The van der Waals surface area contributed by atoms with Crippen LogP contribution in [-0.4, -0.2) is 80.0 Å². The molecule has 0 saturated carbocycles. The van der Waals surface area contributed by atoms with Crippen LogP contribution in [0.15, 0.2) is 0 Å². The molecule has 0 saturated heterocycles. The quantitative estimate of drug-likeness (QED) is 0.373. The molecule has 0 bridgehead atoms. The summed E-state index contributed by atoms with van der Waals surface area (Å²) in [6.45, 7) is 19.3. The van der Waals surface area contributed by atoms with Gasteiger partial charge in [0.15, 0.2) is 0 Å². The summed E-state index contributed by atoms with van der Waals surface area (Å²) >= 11 is 0. The van der Waals surface area contributed by atoms with Gasteiger partial charge in [-0.1, -0.05) is 19.8 Å². The van der Waals surface area contributed by atoms with Crippen molar-refractivity contribution in [2.45, 2.75) is 123 Å². The Morgan fingerprint density at radius 1 is 0.742 bits per heavy atom. The first kappa shape index (κ1) is 32.7. The molecule has 5 heteroatoms. The molecule has 0 aliphatic carbocycles. The second kappa shape index (κ2) is 17.0. The second-order valence-corrected chi connectivity index (χ2v) is 11.5. The van der Waals surface area contributed by atoms with E-state index in [0.717, 1.165) is 38.4 Å². The van der Waals surface area contributed by atoms with Crippen LogP contribution in [0.25, 0.3) is 0 Å². The van der Waals surface area contributed by atoms with E-state index in [2.05, 4.69) is 78.1 Å². The molecule has 0 aromatic rings. The van der Waals surface area contributed by atoms with E-state index in [1.54, 1.807) is 6.92 Å². The predicted octanol–water partition coefficient (Wildman–Crippen LogP) is 4.95. The lowest BCUT2D eigenvalue weighted by Crippen LogP contribution is -2.37. The van der Waals surface area contributed by atoms with E-state index < -0.39 is 0 Å². The van der Waals surface area contributed by atoms with Crippen LogP contribution in [0.5, 0.6) is 0 Å². The minimum Gasteiger partial charge on any atom is -0.312 e. The molecule has 0 radical (unpaired) electrons. The zero-order chi connectivity index (χ0) is 24.7. The average molecular weight is 443 g/mol. The SMILES string of the molecule is CC(=O)C(CCCCNC(C)(C)C)N(C)C.CCC(CCCCNC(C)(C)C)N(C)C. The van der Waals surface area contributed by atoms with Crippen LogP contribution in [0.2, 0.25) is 0 Å². The van der Waals surface area contributed by atoms with Gasteiger partial charge in [0.25, 0.3) is 0 Å². The van der Waals surface area contributed by atoms with Crippen LogP contribution < -0.4 is 10.6 Å². The van der Waals surface area contributed by atoms with E-state index in [4.69, 9.17) is 0 Å². The summed E-state index contributed by atoms with van der Waals surface area (Å²) in [6.07, 6.45) is 8.42. The maximum atomic E-state index is 11.4. The van der Waals surface area contributed by atoms with Gasteiger partial charge in [-0.2, -0.15) is 0 Å². The van der Waals surface area contributed by atoms with Gasteiger partial charge in [0.1, 0.15) is 5.78 Å². The first-order chi connectivity index (χ1) is 14.1. The molecule has 0 fully saturated rings. The van der Waals surface area contributed by atoms with Crippen molar-refractivity contribution >= 4 is 5.78 Å². The average Bonchev–Trinajstić information content (AvgIpc) is 2.58. The first-order valence-corrected chi connectivity index (χ1v) is 12.4. The van der Waals surface area contributed by atoms with Gasteiger partial charge in [-0.25, -0.2) is 0 Å². The Labute approximate surface area is 196 Å². The van der Waals surface area contributed by atoms with Crippen LogP contribution in [0, 0.1) is 0 Å². The molecule has 188 valence electrons. The van der Waals surface area contributed by atoms with Gasteiger partial charge >= 0.3 is 0 Å². The van der Waals surface area contributed by atoms with Gasteiger partial charge < -0.3 is 15.5 Å². The molecule has 2 unspecified atom stereocenters. The Hall–Kier alpha value is -0.490. The van der Waals surface area contributed by atoms with Crippen molar-refractivity contribution in [1.82, 2.24) is 20.4 Å². The fraction of sp³-hybridized carbons (Fsp3) is 0.962. The Kier molecular flexibility index (Phi) is 18.0.